The summed E-state index contributed by atoms with van der Waals surface area (Å²) in [6.45, 7) is 0. The normalized spacial score (nSPS) is 36.8. The number of aliphatic hydroxyl groups excluding tert-OH is 3. The summed E-state index contributed by atoms with van der Waals surface area (Å²) in [5, 5.41) is 34.3. The molecule has 4 N–H and O–H groups in total. The molecule has 0 radical (unpaired) electrons. The van der Waals surface area contributed by atoms with Crippen molar-refractivity contribution < 1.29 is 15.3 Å². The molecule has 2 aliphatic heterocycles. The maximum Gasteiger partial charge on any atom is 0.157 e. The molecule has 0 aromatic carbocycles. The van der Waals surface area contributed by atoms with Gasteiger partial charge in [0.2, 0.25) is 0 Å². The first-order chi connectivity index (χ1) is 10.1. The Hall–Kier alpha value is -0.800. The van der Waals surface area contributed by atoms with Crippen molar-refractivity contribution in [3.8, 4) is 0 Å². The van der Waals surface area contributed by atoms with Crippen molar-refractivity contribution in [2.75, 3.05) is 7.05 Å². The van der Waals surface area contributed by atoms with E-state index in [4.69, 9.17) is 0 Å². The number of pyridine rings is 1. The van der Waals surface area contributed by atoms with Crippen LogP contribution in [0.5, 0.6) is 0 Å². The third kappa shape index (κ3) is 2.78. The van der Waals surface area contributed by atoms with E-state index in [-0.39, 0.29) is 10.6 Å². The highest BCUT2D eigenvalue weighted by Gasteiger charge is 2.49. The van der Waals surface area contributed by atoms with E-state index in [0.29, 0.717) is 5.56 Å². The molecule has 0 saturated carbocycles. The molecule has 1 fully saturated rings. The van der Waals surface area contributed by atoms with E-state index in [1.807, 2.05) is 0 Å². The third-order valence-corrected chi connectivity index (χ3v) is 6.72. The van der Waals surface area contributed by atoms with Gasteiger partial charge in [-0.3, -0.25) is 9.98 Å². The summed E-state index contributed by atoms with van der Waals surface area (Å²) in [7, 11) is 1.78. The largest absolute Gasteiger partial charge is 0.389 e. The van der Waals surface area contributed by atoms with E-state index in [1.165, 1.54) is 23.5 Å². The molecule has 0 amide bonds. The Morgan fingerprint density at radius 3 is 2.81 bits per heavy atom. The number of hydrogen-bond donors (Lipinski definition) is 4. The predicted molar refractivity (Wildman–Crippen MR) is 84.3 cm³/mol. The number of nitrogens with one attached hydrogen (secondary N) is 1. The second kappa shape index (κ2) is 6.13. The number of amidine groups is 1. The van der Waals surface area contributed by atoms with Crippen LogP contribution in [0.3, 0.4) is 0 Å². The lowest BCUT2D eigenvalue weighted by Crippen LogP contribution is -2.52. The van der Waals surface area contributed by atoms with Gasteiger partial charge >= 0.3 is 0 Å². The minimum Gasteiger partial charge on any atom is -0.389 e. The van der Waals surface area contributed by atoms with Gasteiger partial charge in [0.1, 0.15) is 12.1 Å². The highest BCUT2D eigenvalue weighted by molar-refractivity contribution is 8.25. The number of aromatic nitrogens is 1. The number of hydrogen-bond acceptors (Lipinski definition) is 8. The molecular formula is C13H17N3O3S2. The van der Waals surface area contributed by atoms with Gasteiger partial charge in [-0.05, 0) is 6.07 Å². The molecule has 0 unspecified atom stereocenters. The highest BCUT2D eigenvalue weighted by atomic mass is 32.2. The fraction of sp³-hybridized carbons (Fsp3) is 0.538. The lowest BCUT2D eigenvalue weighted by atomic mass is 9.97. The molecule has 1 aromatic heterocycles. The quantitative estimate of drug-likeness (QED) is 0.605. The van der Waals surface area contributed by atoms with E-state index in [0.717, 1.165) is 5.17 Å². The van der Waals surface area contributed by atoms with Crippen LogP contribution < -0.4 is 5.32 Å². The maximum atomic E-state index is 10.5. The van der Waals surface area contributed by atoms with Gasteiger partial charge in [0.25, 0.3) is 0 Å². The second-order valence-corrected chi connectivity index (χ2v) is 7.73. The van der Waals surface area contributed by atoms with Crippen LogP contribution in [0.25, 0.3) is 0 Å². The number of fused-ring (bicyclic) bond motifs is 1. The SMILES string of the molecule is CNC1=N[C@H]2[C@@H](S1)S[C@H]([C@@H](O)c1cccnc1)[C@@H](O)[C@@H]2O. The summed E-state index contributed by atoms with van der Waals surface area (Å²) < 4.78 is -0.0119. The van der Waals surface area contributed by atoms with Gasteiger partial charge in [-0.2, -0.15) is 0 Å². The van der Waals surface area contributed by atoms with E-state index < -0.39 is 23.6 Å². The van der Waals surface area contributed by atoms with Crippen LogP contribution in [-0.4, -0.2) is 60.6 Å². The second-order valence-electron chi connectivity index (χ2n) is 4.97. The van der Waals surface area contributed by atoms with Crippen molar-refractivity contribution in [3.05, 3.63) is 30.1 Å². The molecule has 6 atom stereocenters. The number of aliphatic hydroxyl groups is 3. The smallest absolute Gasteiger partial charge is 0.157 e. The van der Waals surface area contributed by atoms with Crippen LogP contribution >= 0.6 is 23.5 Å². The average molecular weight is 327 g/mol. The van der Waals surface area contributed by atoms with E-state index >= 15 is 0 Å². The van der Waals surface area contributed by atoms with Crippen LogP contribution in [0.2, 0.25) is 0 Å². The molecule has 6 nitrogen and oxygen atoms in total. The molecule has 1 aromatic rings. The first-order valence-electron chi connectivity index (χ1n) is 6.63. The summed E-state index contributed by atoms with van der Waals surface area (Å²) in [5.41, 5.74) is 0.637. The Balaban J connectivity index is 1.80. The summed E-state index contributed by atoms with van der Waals surface area (Å²) in [6, 6.07) is 3.15. The number of thioether (sulfide) groups is 2. The van der Waals surface area contributed by atoms with Gasteiger partial charge < -0.3 is 20.6 Å². The van der Waals surface area contributed by atoms with Gasteiger partial charge in [-0.1, -0.05) is 17.8 Å². The van der Waals surface area contributed by atoms with Crippen molar-refractivity contribution in [2.24, 2.45) is 4.99 Å². The van der Waals surface area contributed by atoms with Crippen LogP contribution in [0, 0.1) is 0 Å². The lowest BCUT2D eigenvalue weighted by Gasteiger charge is -2.39. The van der Waals surface area contributed by atoms with Crippen LogP contribution in [-0.2, 0) is 0 Å². The third-order valence-electron chi connectivity index (χ3n) is 3.65. The Morgan fingerprint density at radius 1 is 1.33 bits per heavy atom. The first-order valence-corrected chi connectivity index (χ1v) is 8.46. The van der Waals surface area contributed by atoms with Gasteiger partial charge in [0, 0.05) is 25.0 Å². The minimum absolute atomic E-state index is 0.0119. The molecule has 1 saturated heterocycles. The van der Waals surface area contributed by atoms with Gasteiger partial charge in [0.05, 0.1) is 22.0 Å². The fourth-order valence-corrected chi connectivity index (χ4v) is 5.59. The average Bonchev–Trinajstić information content (AvgIpc) is 2.94. The van der Waals surface area contributed by atoms with E-state index in [2.05, 4.69) is 15.3 Å². The van der Waals surface area contributed by atoms with Crippen LogP contribution in [0.4, 0.5) is 0 Å². The summed E-state index contributed by atoms with van der Waals surface area (Å²) in [6.07, 6.45) is 0.311. The zero-order valence-corrected chi connectivity index (χ0v) is 13.0. The highest BCUT2D eigenvalue weighted by Crippen LogP contribution is 2.47. The predicted octanol–water partition coefficient (Wildman–Crippen LogP) is -0.0309. The van der Waals surface area contributed by atoms with Crippen molar-refractivity contribution >= 4 is 28.7 Å². The van der Waals surface area contributed by atoms with Gasteiger partial charge in [-0.25, -0.2) is 0 Å². The zero-order valence-electron chi connectivity index (χ0n) is 11.3. The fourth-order valence-electron chi connectivity index (χ4n) is 2.51. The summed E-state index contributed by atoms with van der Waals surface area (Å²) in [5.74, 6) is 0. The molecule has 21 heavy (non-hydrogen) atoms. The maximum absolute atomic E-state index is 10.5. The Morgan fingerprint density at radius 2 is 2.14 bits per heavy atom. The Labute approximate surface area is 131 Å². The molecule has 114 valence electrons. The molecular weight excluding hydrogens is 310 g/mol. The van der Waals surface area contributed by atoms with Crippen LogP contribution in [0.1, 0.15) is 11.7 Å². The molecule has 3 heterocycles. The lowest BCUT2D eigenvalue weighted by molar-refractivity contribution is -0.0207. The van der Waals surface area contributed by atoms with Crippen molar-refractivity contribution in [2.45, 2.75) is 34.2 Å². The van der Waals surface area contributed by atoms with Gasteiger partial charge in [0.15, 0.2) is 5.17 Å². The zero-order chi connectivity index (χ0) is 15.0. The topological polar surface area (TPSA) is 98.0 Å². The molecule has 2 aliphatic rings. The monoisotopic (exact) mass is 327 g/mol. The minimum atomic E-state index is -1.04. The van der Waals surface area contributed by atoms with Crippen LogP contribution in [0.15, 0.2) is 29.5 Å². The standard InChI is InChI=1S/C13H17N3O3S2/c1-14-13-16-7-9(18)10(19)11(20-12(7)21-13)8(17)6-3-2-4-15-5-6/h2-5,7-12,17-19H,1H3,(H,14,16)/t7-,8+,9-,10+,11-,12-/m1/s1. The molecule has 0 aliphatic carbocycles. The Kier molecular flexibility index (Phi) is 4.41. The van der Waals surface area contributed by atoms with Crippen molar-refractivity contribution in [1.29, 1.82) is 0 Å². The molecule has 3 rings (SSSR count). The van der Waals surface area contributed by atoms with Crippen molar-refractivity contribution in [1.82, 2.24) is 10.3 Å². The molecule has 0 spiro atoms. The Bertz CT molecular complexity index is 531. The van der Waals surface area contributed by atoms with Crippen molar-refractivity contribution in [3.63, 3.8) is 0 Å². The van der Waals surface area contributed by atoms with E-state index in [1.54, 1.807) is 31.6 Å². The number of rotatable bonds is 2. The number of aliphatic imine (C=N–C) groups is 1. The first kappa shape index (κ1) is 15.1. The van der Waals surface area contributed by atoms with E-state index in [9.17, 15) is 15.3 Å². The number of nitrogens with zero attached hydrogens (tertiary/aromatic N) is 2. The van der Waals surface area contributed by atoms with Gasteiger partial charge in [-0.15, -0.1) is 11.8 Å². The summed E-state index contributed by atoms with van der Waals surface area (Å²) >= 11 is 2.98. The summed E-state index contributed by atoms with van der Waals surface area (Å²) in [4.78, 5) is 8.36. The molecule has 0 bridgehead atoms. The molecule has 8 heteroatoms.